The lowest BCUT2D eigenvalue weighted by Crippen LogP contribution is -2.40. The van der Waals surface area contributed by atoms with Gasteiger partial charge in [-0.05, 0) is 29.6 Å². The van der Waals surface area contributed by atoms with E-state index in [1.165, 1.54) is 0 Å². The number of thioether (sulfide) groups is 1. The number of ether oxygens (including phenoxy) is 1. The van der Waals surface area contributed by atoms with Gasteiger partial charge in [0.25, 0.3) is 0 Å². The van der Waals surface area contributed by atoms with Crippen molar-refractivity contribution in [1.29, 1.82) is 0 Å². The molecule has 0 heterocycles. The standard InChI is InChI=1S/C14H22N2O2S/c1-18-10-12-5-3-4-11(8-12)9-16-14(17)13(15)6-7-19-2/h3-5,8,13H,6-7,9-10,15H2,1-2H3,(H,16,17)/t13-/m0/s1. The molecular weight excluding hydrogens is 260 g/mol. The summed E-state index contributed by atoms with van der Waals surface area (Å²) in [7, 11) is 1.67. The van der Waals surface area contributed by atoms with E-state index in [4.69, 9.17) is 10.5 Å². The molecule has 5 heteroatoms. The van der Waals surface area contributed by atoms with Gasteiger partial charge in [0.15, 0.2) is 0 Å². The van der Waals surface area contributed by atoms with Gasteiger partial charge >= 0.3 is 0 Å². The lowest BCUT2D eigenvalue weighted by atomic mass is 10.1. The Hall–Kier alpha value is -1.04. The van der Waals surface area contributed by atoms with Crippen LogP contribution in [0.15, 0.2) is 24.3 Å². The number of nitrogens with one attached hydrogen (secondary N) is 1. The zero-order valence-electron chi connectivity index (χ0n) is 11.5. The third-order valence-corrected chi connectivity index (χ3v) is 3.38. The molecule has 0 bridgehead atoms. The van der Waals surface area contributed by atoms with E-state index in [2.05, 4.69) is 5.32 Å². The summed E-state index contributed by atoms with van der Waals surface area (Å²) in [6.07, 6.45) is 2.71. The van der Waals surface area contributed by atoms with Crippen LogP contribution in [0.5, 0.6) is 0 Å². The van der Waals surface area contributed by atoms with E-state index in [1.54, 1.807) is 18.9 Å². The number of benzene rings is 1. The second kappa shape index (κ2) is 8.96. The first-order valence-corrected chi connectivity index (χ1v) is 7.65. The first-order chi connectivity index (χ1) is 9.17. The topological polar surface area (TPSA) is 64.3 Å². The highest BCUT2D eigenvalue weighted by Crippen LogP contribution is 2.06. The summed E-state index contributed by atoms with van der Waals surface area (Å²) >= 11 is 1.70. The lowest BCUT2D eigenvalue weighted by Gasteiger charge is -2.12. The monoisotopic (exact) mass is 282 g/mol. The average Bonchev–Trinajstić information content (AvgIpc) is 2.43. The van der Waals surface area contributed by atoms with Crippen LogP contribution in [0.25, 0.3) is 0 Å². The van der Waals surface area contributed by atoms with Crippen molar-refractivity contribution in [2.45, 2.75) is 25.6 Å². The van der Waals surface area contributed by atoms with Gasteiger partial charge in [0.2, 0.25) is 5.91 Å². The van der Waals surface area contributed by atoms with Crippen LogP contribution >= 0.6 is 11.8 Å². The highest BCUT2D eigenvalue weighted by atomic mass is 32.2. The molecule has 0 spiro atoms. The molecule has 0 aromatic heterocycles. The molecule has 1 rings (SSSR count). The fourth-order valence-electron chi connectivity index (χ4n) is 1.69. The number of hydrogen-bond acceptors (Lipinski definition) is 4. The Morgan fingerprint density at radius 1 is 1.47 bits per heavy atom. The van der Waals surface area contributed by atoms with Crippen LogP contribution in [0.4, 0.5) is 0 Å². The Kier molecular flexibility index (Phi) is 7.55. The summed E-state index contributed by atoms with van der Waals surface area (Å²) in [5, 5.41) is 2.86. The minimum Gasteiger partial charge on any atom is -0.380 e. The molecule has 0 radical (unpaired) electrons. The third kappa shape index (κ3) is 6.09. The molecule has 1 aromatic rings. The van der Waals surface area contributed by atoms with Gasteiger partial charge in [0, 0.05) is 13.7 Å². The third-order valence-electron chi connectivity index (χ3n) is 2.74. The molecule has 1 amide bonds. The molecule has 0 fully saturated rings. The summed E-state index contributed by atoms with van der Waals surface area (Å²) in [5.74, 6) is 0.809. The Bertz CT molecular complexity index is 399. The molecule has 106 valence electrons. The van der Waals surface area contributed by atoms with Crippen LogP contribution in [-0.4, -0.2) is 31.1 Å². The second-order valence-corrected chi connectivity index (χ2v) is 5.34. The van der Waals surface area contributed by atoms with Crippen LogP contribution in [0.1, 0.15) is 17.5 Å². The molecule has 0 aliphatic carbocycles. The molecule has 19 heavy (non-hydrogen) atoms. The van der Waals surface area contributed by atoms with Gasteiger partial charge in [-0.2, -0.15) is 11.8 Å². The number of amides is 1. The fourth-order valence-corrected chi connectivity index (χ4v) is 2.18. The highest BCUT2D eigenvalue weighted by Gasteiger charge is 2.12. The Balaban J connectivity index is 2.43. The number of hydrogen-bond donors (Lipinski definition) is 2. The molecule has 4 nitrogen and oxygen atoms in total. The van der Waals surface area contributed by atoms with E-state index >= 15 is 0 Å². The number of carbonyl (C=O) groups is 1. The summed E-state index contributed by atoms with van der Waals surface area (Å²) in [6, 6.07) is 7.54. The Labute approximate surface area is 119 Å². The minimum absolute atomic E-state index is 0.0915. The van der Waals surface area contributed by atoms with Gasteiger partial charge in [-0.1, -0.05) is 24.3 Å². The predicted molar refractivity (Wildman–Crippen MR) is 80.0 cm³/mol. The van der Waals surface area contributed by atoms with Crippen molar-refractivity contribution in [2.75, 3.05) is 19.1 Å². The van der Waals surface area contributed by atoms with Crippen molar-refractivity contribution in [3.8, 4) is 0 Å². The van der Waals surface area contributed by atoms with Crippen LogP contribution < -0.4 is 11.1 Å². The molecule has 0 unspecified atom stereocenters. The quantitative estimate of drug-likeness (QED) is 0.759. The second-order valence-electron chi connectivity index (χ2n) is 4.36. The normalized spacial score (nSPS) is 12.2. The van der Waals surface area contributed by atoms with Crippen molar-refractivity contribution >= 4 is 17.7 Å². The number of rotatable bonds is 8. The van der Waals surface area contributed by atoms with E-state index in [0.717, 1.165) is 16.9 Å². The number of carbonyl (C=O) groups excluding carboxylic acids is 1. The molecule has 0 saturated carbocycles. The van der Waals surface area contributed by atoms with Crippen LogP contribution in [0.2, 0.25) is 0 Å². The minimum atomic E-state index is -0.422. The molecule has 0 saturated heterocycles. The maximum Gasteiger partial charge on any atom is 0.237 e. The van der Waals surface area contributed by atoms with E-state index in [-0.39, 0.29) is 5.91 Å². The number of methoxy groups -OCH3 is 1. The molecule has 0 aliphatic heterocycles. The van der Waals surface area contributed by atoms with Crippen molar-refractivity contribution in [3.63, 3.8) is 0 Å². The molecule has 3 N–H and O–H groups in total. The van der Waals surface area contributed by atoms with Gasteiger partial charge < -0.3 is 15.8 Å². The zero-order valence-corrected chi connectivity index (χ0v) is 12.3. The van der Waals surface area contributed by atoms with E-state index in [9.17, 15) is 4.79 Å². The van der Waals surface area contributed by atoms with Crippen LogP contribution in [-0.2, 0) is 22.7 Å². The van der Waals surface area contributed by atoms with Crippen molar-refractivity contribution in [2.24, 2.45) is 5.73 Å². The van der Waals surface area contributed by atoms with Gasteiger partial charge in [-0.15, -0.1) is 0 Å². The van der Waals surface area contributed by atoms with E-state index < -0.39 is 6.04 Å². The zero-order chi connectivity index (χ0) is 14.1. The summed E-state index contributed by atoms with van der Waals surface area (Å²) in [4.78, 5) is 11.8. The highest BCUT2D eigenvalue weighted by molar-refractivity contribution is 7.98. The lowest BCUT2D eigenvalue weighted by molar-refractivity contribution is -0.122. The van der Waals surface area contributed by atoms with Gasteiger partial charge in [-0.3, -0.25) is 4.79 Å². The van der Waals surface area contributed by atoms with Gasteiger partial charge in [0.1, 0.15) is 0 Å². The Morgan fingerprint density at radius 2 is 2.21 bits per heavy atom. The van der Waals surface area contributed by atoms with Crippen molar-refractivity contribution in [1.82, 2.24) is 5.32 Å². The first-order valence-electron chi connectivity index (χ1n) is 6.26. The smallest absolute Gasteiger partial charge is 0.237 e. The van der Waals surface area contributed by atoms with Crippen molar-refractivity contribution in [3.05, 3.63) is 35.4 Å². The first kappa shape index (κ1) is 16.0. The maximum atomic E-state index is 11.8. The van der Waals surface area contributed by atoms with E-state index in [1.807, 2.05) is 30.5 Å². The van der Waals surface area contributed by atoms with Crippen LogP contribution in [0, 0.1) is 0 Å². The fraction of sp³-hybridized carbons (Fsp3) is 0.500. The van der Waals surface area contributed by atoms with E-state index in [0.29, 0.717) is 19.6 Å². The summed E-state index contributed by atoms with van der Waals surface area (Å²) < 4.78 is 5.08. The largest absolute Gasteiger partial charge is 0.380 e. The Morgan fingerprint density at radius 3 is 2.89 bits per heavy atom. The molecule has 1 aromatic carbocycles. The van der Waals surface area contributed by atoms with Crippen LogP contribution in [0.3, 0.4) is 0 Å². The predicted octanol–water partition coefficient (Wildman–Crippen LogP) is 1.53. The molecule has 1 atom stereocenters. The van der Waals surface area contributed by atoms with Gasteiger partial charge in [-0.25, -0.2) is 0 Å². The summed E-state index contributed by atoms with van der Waals surface area (Å²) in [6.45, 7) is 1.08. The van der Waals surface area contributed by atoms with Gasteiger partial charge in [0.05, 0.1) is 12.6 Å². The number of nitrogens with two attached hydrogens (primary N) is 1. The molecular formula is C14H22N2O2S. The maximum absolute atomic E-state index is 11.8. The molecule has 0 aliphatic rings. The average molecular weight is 282 g/mol. The summed E-state index contributed by atoms with van der Waals surface area (Å²) in [5.41, 5.74) is 7.95. The SMILES string of the molecule is COCc1cccc(CNC(=O)[C@@H](N)CCSC)c1. The van der Waals surface area contributed by atoms with Crippen molar-refractivity contribution < 1.29 is 9.53 Å².